The summed E-state index contributed by atoms with van der Waals surface area (Å²) >= 11 is 0. The summed E-state index contributed by atoms with van der Waals surface area (Å²) in [4.78, 5) is 15.4. The number of halogens is 1. The fraction of sp³-hybridized carbons (Fsp3) is 0.231. The highest BCUT2D eigenvalue weighted by Crippen LogP contribution is 2.28. The SMILES string of the molecule is CCOC(=O)c1ncoc1-c1ccc(OC)c(F)c1. The monoisotopic (exact) mass is 265 g/mol. The first-order chi connectivity index (χ1) is 9.17. The van der Waals surface area contributed by atoms with E-state index in [9.17, 15) is 9.18 Å². The van der Waals surface area contributed by atoms with Gasteiger partial charge in [-0.25, -0.2) is 14.2 Å². The van der Waals surface area contributed by atoms with Crippen LogP contribution in [0.15, 0.2) is 29.0 Å². The number of carbonyl (C=O) groups excluding carboxylic acids is 1. The number of hydrogen-bond donors (Lipinski definition) is 0. The average molecular weight is 265 g/mol. The molecule has 0 bridgehead atoms. The van der Waals surface area contributed by atoms with Crippen LogP contribution < -0.4 is 4.74 Å². The molecule has 0 aliphatic heterocycles. The van der Waals surface area contributed by atoms with Crippen LogP contribution in [0.4, 0.5) is 4.39 Å². The van der Waals surface area contributed by atoms with Crippen molar-refractivity contribution in [3.63, 3.8) is 0 Å². The van der Waals surface area contributed by atoms with Gasteiger partial charge in [0, 0.05) is 5.56 Å². The van der Waals surface area contributed by atoms with Crippen molar-refractivity contribution in [3.05, 3.63) is 36.1 Å². The molecule has 0 saturated carbocycles. The number of aromatic nitrogens is 1. The average Bonchev–Trinajstić information content (AvgIpc) is 2.88. The lowest BCUT2D eigenvalue weighted by molar-refractivity contribution is 0.0520. The Morgan fingerprint density at radius 3 is 2.89 bits per heavy atom. The van der Waals surface area contributed by atoms with Gasteiger partial charge in [0.2, 0.25) is 0 Å². The van der Waals surface area contributed by atoms with E-state index in [1.807, 2.05) is 0 Å². The molecule has 0 saturated heterocycles. The van der Waals surface area contributed by atoms with E-state index < -0.39 is 11.8 Å². The van der Waals surface area contributed by atoms with Gasteiger partial charge >= 0.3 is 5.97 Å². The molecule has 0 amide bonds. The molecule has 2 aromatic rings. The lowest BCUT2D eigenvalue weighted by Gasteiger charge is -2.04. The van der Waals surface area contributed by atoms with Crippen molar-refractivity contribution < 1.29 is 23.1 Å². The van der Waals surface area contributed by atoms with Gasteiger partial charge in [-0.05, 0) is 25.1 Å². The van der Waals surface area contributed by atoms with E-state index >= 15 is 0 Å². The smallest absolute Gasteiger partial charge is 0.360 e. The number of ether oxygens (including phenoxy) is 2. The van der Waals surface area contributed by atoms with Gasteiger partial charge in [0.05, 0.1) is 13.7 Å². The Balaban J connectivity index is 2.40. The number of methoxy groups -OCH3 is 1. The number of esters is 1. The minimum atomic E-state index is -0.609. The Labute approximate surface area is 109 Å². The first-order valence-electron chi connectivity index (χ1n) is 5.62. The second-order valence-electron chi connectivity index (χ2n) is 3.60. The molecule has 5 nitrogen and oxygen atoms in total. The third kappa shape index (κ3) is 2.57. The van der Waals surface area contributed by atoms with Crippen molar-refractivity contribution in [3.8, 4) is 17.1 Å². The molecule has 1 aromatic carbocycles. The Kier molecular flexibility index (Phi) is 3.79. The number of rotatable bonds is 4. The van der Waals surface area contributed by atoms with Crippen LogP contribution in [0.5, 0.6) is 5.75 Å². The predicted molar refractivity (Wildman–Crippen MR) is 64.4 cm³/mol. The molecular formula is C13H12FNO4. The molecule has 0 aliphatic carbocycles. The summed E-state index contributed by atoms with van der Waals surface area (Å²) in [7, 11) is 1.37. The summed E-state index contributed by atoms with van der Waals surface area (Å²) in [6.45, 7) is 1.91. The second-order valence-corrected chi connectivity index (χ2v) is 3.60. The highest BCUT2D eigenvalue weighted by atomic mass is 19.1. The molecule has 0 atom stereocenters. The number of hydrogen-bond acceptors (Lipinski definition) is 5. The van der Waals surface area contributed by atoms with Crippen molar-refractivity contribution in [2.75, 3.05) is 13.7 Å². The molecular weight excluding hydrogens is 253 g/mol. The van der Waals surface area contributed by atoms with Crippen LogP contribution in [0, 0.1) is 5.82 Å². The van der Waals surface area contributed by atoms with Gasteiger partial charge in [-0.1, -0.05) is 0 Å². The van der Waals surface area contributed by atoms with Crippen molar-refractivity contribution in [1.29, 1.82) is 0 Å². The first-order valence-corrected chi connectivity index (χ1v) is 5.62. The van der Waals surface area contributed by atoms with Crippen LogP contribution >= 0.6 is 0 Å². The van der Waals surface area contributed by atoms with E-state index in [1.165, 1.54) is 19.2 Å². The largest absolute Gasteiger partial charge is 0.494 e. The number of nitrogens with zero attached hydrogens (tertiary/aromatic N) is 1. The Hall–Kier alpha value is -2.37. The molecule has 1 aromatic heterocycles. The van der Waals surface area contributed by atoms with E-state index in [-0.39, 0.29) is 23.8 Å². The van der Waals surface area contributed by atoms with Crippen LogP contribution in [0.2, 0.25) is 0 Å². The molecule has 0 spiro atoms. The highest BCUT2D eigenvalue weighted by Gasteiger charge is 2.20. The zero-order valence-corrected chi connectivity index (χ0v) is 10.5. The summed E-state index contributed by atoms with van der Waals surface area (Å²) in [5.41, 5.74) is 0.408. The summed E-state index contributed by atoms with van der Waals surface area (Å²) in [6, 6.07) is 4.23. The van der Waals surface area contributed by atoms with E-state index in [2.05, 4.69) is 4.98 Å². The fourth-order valence-electron chi connectivity index (χ4n) is 1.60. The van der Waals surface area contributed by atoms with E-state index in [4.69, 9.17) is 13.9 Å². The van der Waals surface area contributed by atoms with Crippen molar-refractivity contribution in [2.24, 2.45) is 0 Å². The molecule has 19 heavy (non-hydrogen) atoms. The number of carbonyl (C=O) groups is 1. The Morgan fingerprint density at radius 2 is 2.26 bits per heavy atom. The topological polar surface area (TPSA) is 61.6 Å². The molecule has 1 heterocycles. The molecule has 0 N–H and O–H groups in total. The van der Waals surface area contributed by atoms with Gasteiger partial charge in [0.25, 0.3) is 0 Å². The third-order valence-electron chi connectivity index (χ3n) is 2.45. The number of benzene rings is 1. The van der Waals surface area contributed by atoms with Gasteiger partial charge < -0.3 is 13.9 Å². The van der Waals surface area contributed by atoms with Crippen molar-refractivity contribution >= 4 is 5.97 Å². The van der Waals surface area contributed by atoms with Gasteiger partial charge in [0.15, 0.2) is 29.4 Å². The van der Waals surface area contributed by atoms with Gasteiger partial charge in [-0.3, -0.25) is 0 Å². The zero-order valence-electron chi connectivity index (χ0n) is 10.5. The lowest BCUT2D eigenvalue weighted by atomic mass is 10.1. The molecule has 100 valence electrons. The van der Waals surface area contributed by atoms with Gasteiger partial charge in [-0.15, -0.1) is 0 Å². The quantitative estimate of drug-likeness (QED) is 0.795. The van der Waals surface area contributed by atoms with E-state index in [0.717, 1.165) is 6.39 Å². The van der Waals surface area contributed by atoms with Crippen molar-refractivity contribution in [1.82, 2.24) is 4.98 Å². The van der Waals surface area contributed by atoms with Gasteiger partial charge in [-0.2, -0.15) is 0 Å². The predicted octanol–water partition coefficient (Wildman–Crippen LogP) is 2.67. The van der Waals surface area contributed by atoms with Crippen LogP contribution in [0.3, 0.4) is 0 Å². The zero-order chi connectivity index (χ0) is 13.8. The van der Waals surface area contributed by atoms with E-state index in [1.54, 1.807) is 13.0 Å². The second kappa shape index (κ2) is 5.51. The normalized spacial score (nSPS) is 10.3. The lowest BCUT2D eigenvalue weighted by Crippen LogP contribution is -2.06. The molecule has 2 rings (SSSR count). The van der Waals surface area contributed by atoms with Gasteiger partial charge in [0.1, 0.15) is 0 Å². The van der Waals surface area contributed by atoms with E-state index in [0.29, 0.717) is 5.56 Å². The number of oxazole rings is 1. The van der Waals surface area contributed by atoms with Crippen LogP contribution in [-0.4, -0.2) is 24.7 Å². The molecule has 0 unspecified atom stereocenters. The highest BCUT2D eigenvalue weighted by molar-refractivity contribution is 5.93. The molecule has 6 heteroatoms. The Morgan fingerprint density at radius 1 is 1.47 bits per heavy atom. The summed E-state index contributed by atoms with van der Waals surface area (Å²) in [5.74, 6) is -0.880. The summed E-state index contributed by atoms with van der Waals surface area (Å²) in [6.07, 6.45) is 1.11. The molecule has 0 fully saturated rings. The fourth-order valence-corrected chi connectivity index (χ4v) is 1.60. The minimum absolute atomic E-state index is 0.0198. The summed E-state index contributed by atoms with van der Waals surface area (Å²) in [5, 5.41) is 0. The maximum Gasteiger partial charge on any atom is 0.360 e. The maximum absolute atomic E-state index is 13.6. The third-order valence-corrected chi connectivity index (χ3v) is 2.45. The van der Waals surface area contributed by atoms with Crippen LogP contribution in [-0.2, 0) is 4.74 Å². The van der Waals surface area contributed by atoms with Crippen LogP contribution in [0.25, 0.3) is 11.3 Å². The first kappa shape index (κ1) is 13.1. The Bertz CT molecular complexity index is 594. The molecule has 0 aliphatic rings. The van der Waals surface area contributed by atoms with Crippen LogP contribution in [0.1, 0.15) is 17.4 Å². The molecule has 0 radical (unpaired) electrons. The maximum atomic E-state index is 13.6. The van der Waals surface area contributed by atoms with Crippen molar-refractivity contribution in [2.45, 2.75) is 6.92 Å². The minimum Gasteiger partial charge on any atom is -0.494 e. The summed E-state index contributed by atoms with van der Waals surface area (Å²) < 4.78 is 28.4. The standard InChI is InChI=1S/C13H12FNO4/c1-3-18-13(16)11-12(19-7-15-11)8-4-5-10(17-2)9(14)6-8/h4-7H,3H2,1-2H3.